The number of piperidine rings is 1. The predicted octanol–water partition coefficient (Wildman–Crippen LogP) is 1.99. The van der Waals surface area contributed by atoms with E-state index in [2.05, 4.69) is 9.88 Å². The van der Waals surface area contributed by atoms with E-state index < -0.39 is 12.1 Å². The predicted molar refractivity (Wildman–Crippen MR) is 106 cm³/mol. The first-order valence-electron chi connectivity index (χ1n) is 10.1. The zero-order valence-electron chi connectivity index (χ0n) is 16.9. The second kappa shape index (κ2) is 9.70. The summed E-state index contributed by atoms with van der Waals surface area (Å²) < 4.78 is 37.7. The molecular weight excluding hydrogens is 439 g/mol. The molecule has 31 heavy (non-hydrogen) atoms. The SMILES string of the molecule is O=C(C1CC(O)C1)N1CCCC2(COCCN(c3nccs3)C2)C1.O=C(O)C(F)(F)F. The van der Waals surface area contributed by atoms with Crippen LogP contribution >= 0.6 is 11.3 Å². The maximum absolute atomic E-state index is 12.7. The Labute approximate surface area is 181 Å². The van der Waals surface area contributed by atoms with Gasteiger partial charge in [-0.05, 0) is 25.7 Å². The third-order valence-electron chi connectivity index (χ3n) is 5.81. The second-order valence-corrected chi connectivity index (χ2v) is 9.15. The molecule has 0 bridgehead atoms. The topological polar surface area (TPSA) is 103 Å². The van der Waals surface area contributed by atoms with Crippen molar-refractivity contribution in [3.63, 3.8) is 0 Å². The number of aliphatic hydroxyl groups excluding tert-OH is 1. The van der Waals surface area contributed by atoms with Crippen molar-refractivity contribution in [2.75, 3.05) is 44.3 Å². The first-order valence-corrected chi connectivity index (χ1v) is 11.0. The molecule has 0 radical (unpaired) electrons. The van der Waals surface area contributed by atoms with E-state index in [-0.39, 0.29) is 23.3 Å². The van der Waals surface area contributed by atoms with Crippen LogP contribution in [0.3, 0.4) is 0 Å². The molecule has 2 saturated heterocycles. The van der Waals surface area contributed by atoms with Crippen LogP contribution in [0.15, 0.2) is 11.6 Å². The minimum Gasteiger partial charge on any atom is -0.475 e. The molecule has 3 heterocycles. The molecule has 12 heteroatoms. The van der Waals surface area contributed by atoms with Crippen LogP contribution in [0.25, 0.3) is 0 Å². The Hall–Kier alpha value is -1.92. The van der Waals surface area contributed by atoms with Gasteiger partial charge in [0.2, 0.25) is 5.91 Å². The van der Waals surface area contributed by atoms with E-state index in [0.717, 1.165) is 44.2 Å². The number of nitrogens with zero attached hydrogens (tertiary/aromatic N) is 3. The molecule has 1 saturated carbocycles. The van der Waals surface area contributed by atoms with Crippen LogP contribution in [0.2, 0.25) is 0 Å². The number of carboxylic acid groups (broad SMARTS) is 1. The lowest BCUT2D eigenvalue weighted by Crippen LogP contribution is -2.54. The van der Waals surface area contributed by atoms with Gasteiger partial charge < -0.3 is 24.7 Å². The van der Waals surface area contributed by atoms with Crippen molar-refractivity contribution in [2.24, 2.45) is 11.3 Å². The van der Waals surface area contributed by atoms with Crippen molar-refractivity contribution in [3.05, 3.63) is 11.6 Å². The van der Waals surface area contributed by atoms with Gasteiger partial charge in [0, 0.05) is 49.1 Å². The highest BCUT2D eigenvalue weighted by Crippen LogP contribution is 2.37. The van der Waals surface area contributed by atoms with Crippen LogP contribution in [0, 0.1) is 11.3 Å². The Kier molecular flexibility index (Phi) is 7.43. The van der Waals surface area contributed by atoms with Crippen molar-refractivity contribution in [1.82, 2.24) is 9.88 Å². The van der Waals surface area contributed by atoms with Crippen molar-refractivity contribution >= 4 is 28.3 Å². The summed E-state index contributed by atoms with van der Waals surface area (Å²) in [5.74, 6) is -2.51. The number of aliphatic hydroxyl groups is 1. The van der Waals surface area contributed by atoms with Crippen LogP contribution < -0.4 is 4.90 Å². The number of carboxylic acids is 1. The molecule has 174 valence electrons. The van der Waals surface area contributed by atoms with Gasteiger partial charge in [0.05, 0.1) is 19.3 Å². The Morgan fingerprint density at radius 1 is 1.26 bits per heavy atom. The molecule has 4 rings (SSSR count). The molecule has 1 spiro atoms. The fraction of sp³-hybridized carbons (Fsp3) is 0.737. The zero-order chi connectivity index (χ0) is 22.6. The summed E-state index contributed by atoms with van der Waals surface area (Å²) in [4.78, 5) is 30.4. The highest BCUT2D eigenvalue weighted by atomic mass is 32.1. The molecule has 2 N–H and O–H groups in total. The van der Waals surface area contributed by atoms with E-state index in [1.54, 1.807) is 11.3 Å². The highest BCUT2D eigenvalue weighted by Gasteiger charge is 2.43. The lowest BCUT2D eigenvalue weighted by atomic mass is 9.77. The average Bonchev–Trinajstić information content (AvgIpc) is 3.15. The Bertz CT molecular complexity index is 757. The maximum atomic E-state index is 12.7. The Morgan fingerprint density at radius 2 is 1.97 bits per heavy atom. The Morgan fingerprint density at radius 3 is 2.55 bits per heavy atom. The lowest BCUT2D eigenvalue weighted by Gasteiger charge is -2.45. The minimum atomic E-state index is -5.08. The largest absolute Gasteiger partial charge is 0.490 e. The third-order valence-corrected chi connectivity index (χ3v) is 6.64. The van der Waals surface area contributed by atoms with Crippen molar-refractivity contribution < 1.29 is 37.7 Å². The summed E-state index contributed by atoms with van der Waals surface area (Å²) in [5, 5.41) is 19.7. The van der Waals surface area contributed by atoms with Gasteiger partial charge in [-0.25, -0.2) is 9.78 Å². The van der Waals surface area contributed by atoms with E-state index >= 15 is 0 Å². The van der Waals surface area contributed by atoms with Gasteiger partial charge >= 0.3 is 12.1 Å². The first kappa shape index (κ1) is 23.7. The summed E-state index contributed by atoms with van der Waals surface area (Å²) in [6.45, 7) is 4.79. The molecule has 1 atom stereocenters. The van der Waals surface area contributed by atoms with E-state index in [1.807, 2.05) is 16.5 Å². The number of amides is 1. The number of anilines is 1. The normalized spacial score (nSPS) is 28.9. The standard InChI is InChI=1S/C17H25N3O3S.C2HF3O2/c21-14-8-13(9-14)15(22)19-4-1-2-17(10-19)11-20(5-6-23-12-17)16-18-3-7-24-16;3-2(4,5)1(6)7/h3,7,13-14,21H,1-2,4-6,8-12H2;(H,6,7). The van der Waals surface area contributed by atoms with E-state index in [9.17, 15) is 23.1 Å². The van der Waals surface area contributed by atoms with Gasteiger partial charge in [0.25, 0.3) is 0 Å². The van der Waals surface area contributed by atoms with Crippen LogP contribution in [0.5, 0.6) is 0 Å². The molecule has 3 aliphatic rings. The smallest absolute Gasteiger partial charge is 0.475 e. The highest BCUT2D eigenvalue weighted by molar-refractivity contribution is 7.13. The van der Waals surface area contributed by atoms with Crippen LogP contribution in [0.1, 0.15) is 25.7 Å². The van der Waals surface area contributed by atoms with Crippen LogP contribution in [-0.4, -0.2) is 83.6 Å². The minimum absolute atomic E-state index is 0.00154. The number of hydrogen-bond donors (Lipinski definition) is 2. The maximum Gasteiger partial charge on any atom is 0.490 e. The van der Waals surface area contributed by atoms with Crippen molar-refractivity contribution in [1.29, 1.82) is 0 Å². The lowest BCUT2D eigenvalue weighted by molar-refractivity contribution is -0.192. The number of aromatic nitrogens is 1. The monoisotopic (exact) mass is 465 g/mol. The average molecular weight is 465 g/mol. The van der Waals surface area contributed by atoms with Gasteiger partial charge in [-0.1, -0.05) is 0 Å². The summed E-state index contributed by atoms with van der Waals surface area (Å²) in [6.07, 6.45) is -0.146. The number of carbonyl (C=O) groups is 2. The number of carbonyl (C=O) groups excluding carboxylic acids is 1. The quantitative estimate of drug-likeness (QED) is 0.689. The molecule has 3 fully saturated rings. The van der Waals surface area contributed by atoms with E-state index in [0.29, 0.717) is 26.1 Å². The number of aliphatic carboxylic acids is 1. The number of hydrogen-bond acceptors (Lipinski definition) is 7. The van der Waals surface area contributed by atoms with Crippen LogP contribution in [0.4, 0.5) is 18.3 Å². The summed E-state index contributed by atoms with van der Waals surface area (Å²) >= 11 is 1.66. The first-order chi connectivity index (χ1) is 14.6. The molecule has 1 aromatic rings. The van der Waals surface area contributed by atoms with E-state index in [4.69, 9.17) is 14.6 Å². The molecule has 1 aromatic heterocycles. The zero-order valence-corrected chi connectivity index (χ0v) is 17.7. The van der Waals surface area contributed by atoms with Gasteiger partial charge in [0.15, 0.2) is 5.13 Å². The number of halogens is 3. The second-order valence-electron chi connectivity index (χ2n) is 8.28. The molecule has 0 aromatic carbocycles. The van der Waals surface area contributed by atoms with Crippen molar-refractivity contribution in [3.8, 4) is 0 Å². The van der Waals surface area contributed by atoms with Gasteiger partial charge in [0.1, 0.15) is 0 Å². The number of rotatable bonds is 2. The van der Waals surface area contributed by atoms with Gasteiger partial charge in [-0.3, -0.25) is 4.79 Å². The fourth-order valence-corrected chi connectivity index (χ4v) is 4.89. The number of ether oxygens (including phenoxy) is 1. The van der Waals surface area contributed by atoms with Crippen LogP contribution in [-0.2, 0) is 14.3 Å². The summed E-state index contributed by atoms with van der Waals surface area (Å²) in [7, 11) is 0. The van der Waals surface area contributed by atoms with Crippen molar-refractivity contribution in [2.45, 2.75) is 38.0 Å². The Balaban J connectivity index is 0.000000339. The van der Waals surface area contributed by atoms with Gasteiger partial charge in [-0.15, -0.1) is 11.3 Å². The molecule has 8 nitrogen and oxygen atoms in total. The summed E-state index contributed by atoms with van der Waals surface area (Å²) in [5.41, 5.74) is -0.00154. The summed E-state index contributed by atoms with van der Waals surface area (Å²) in [6, 6.07) is 0. The van der Waals surface area contributed by atoms with E-state index in [1.165, 1.54) is 0 Å². The van der Waals surface area contributed by atoms with Gasteiger partial charge in [-0.2, -0.15) is 13.2 Å². The molecule has 2 aliphatic heterocycles. The number of likely N-dealkylation sites (tertiary alicyclic amines) is 1. The number of thiazole rings is 1. The molecule has 1 unspecified atom stereocenters. The molecular formula is C19H26F3N3O5S. The molecule has 1 amide bonds. The third kappa shape index (κ3) is 6.07. The molecule has 1 aliphatic carbocycles. The fourth-order valence-electron chi connectivity index (χ4n) is 4.22. The number of alkyl halides is 3.